The lowest BCUT2D eigenvalue weighted by Gasteiger charge is -2.05. The van der Waals surface area contributed by atoms with Crippen LogP contribution in [0.4, 0.5) is 0 Å². The van der Waals surface area contributed by atoms with Crippen molar-refractivity contribution in [1.82, 2.24) is 4.72 Å². The van der Waals surface area contributed by atoms with Crippen molar-refractivity contribution in [3.63, 3.8) is 0 Å². The SMILES string of the molecule is CCCCCCCCCCNS(=O)(=O)CCO. The number of unbranched alkanes of at least 4 members (excludes halogenated alkanes) is 7. The lowest BCUT2D eigenvalue weighted by Crippen LogP contribution is -2.28. The van der Waals surface area contributed by atoms with E-state index in [1.54, 1.807) is 0 Å². The molecule has 0 aromatic rings. The first-order valence-corrected chi connectivity index (χ1v) is 8.36. The molecule has 0 aromatic heterocycles. The van der Waals surface area contributed by atoms with Gasteiger partial charge in [0.1, 0.15) is 0 Å². The summed E-state index contributed by atoms with van der Waals surface area (Å²) in [5, 5.41) is 8.53. The highest BCUT2D eigenvalue weighted by Crippen LogP contribution is 2.07. The van der Waals surface area contributed by atoms with E-state index >= 15 is 0 Å². The molecule has 0 heterocycles. The van der Waals surface area contributed by atoms with Crippen LogP contribution in [0.3, 0.4) is 0 Å². The Kier molecular flexibility index (Phi) is 10.9. The molecule has 0 atom stereocenters. The summed E-state index contributed by atoms with van der Waals surface area (Å²) in [4.78, 5) is 0. The first kappa shape index (κ1) is 16.9. The van der Waals surface area contributed by atoms with Crippen LogP contribution in [0, 0.1) is 0 Å². The number of sulfonamides is 1. The minimum atomic E-state index is -3.24. The van der Waals surface area contributed by atoms with Crippen molar-refractivity contribution in [2.24, 2.45) is 0 Å². The van der Waals surface area contributed by atoms with Crippen LogP contribution in [0.1, 0.15) is 58.3 Å². The Morgan fingerprint density at radius 3 is 2.00 bits per heavy atom. The minimum Gasteiger partial charge on any atom is -0.395 e. The van der Waals surface area contributed by atoms with Crippen molar-refractivity contribution in [2.75, 3.05) is 18.9 Å². The first-order valence-electron chi connectivity index (χ1n) is 6.70. The van der Waals surface area contributed by atoms with Crippen LogP contribution in [0.25, 0.3) is 0 Å². The van der Waals surface area contributed by atoms with Gasteiger partial charge in [-0.2, -0.15) is 0 Å². The van der Waals surface area contributed by atoms with E-state index in [0.717, 1.165) is 12.8 Å². The summed E-state index contributed by atoms with van der Waals surface area (Å²) in [6, 6.07) is 0. The van der Waals surface area contributed by atoms with Gasteiger partial charge in [-0.25, -0.2) is 13.1 Å². The molecule has 0 fully saturated rings. The summed E-state index contributed by atoms with van der Waals surface area (Å²) in [6.07, 6.45) is 9.61. The highest BCUT2D eigenvalue weighted by atomic mass is 32.2. The average Bonchev–Trinajstić information content (AvgIpc) is 2.27. The van der Waals surface area contributed by atoms with Crippen LogP contribution in [0.15, 0.2) is 0 Å². The Morgan fingerprint density at radius 1 is 0.941 bits per heavy atom. The van der Waals surface area contributed by atoms with Crippen LogP contribution in [0.2, 0.25) is 0 Å². The van der Waals surface area contributed by atoms with Gasteiger partial charge in [-0.1, -0.05) is 51.9 Å². The van der Waals surface area contributed by atoms with Crippen LogP contribution >= 0.6 is 0 Å². The largest absolute Gasteiger partial charge is 0.395 e. The Bertz CT molecular complexity index is 252. The molecule has 0 amide bonds. The molecule has 0 aromatic carbocycles. The lowest BCUT2D eigenvalue weighted by molar-refractivity contribution is 0.319. The van der Waals surface area contributed by atoms with E-state index in [-0.39, 0.29) is 12.4 Å². The monoisotopic (exact) mass is 265 g/mol. The van der Waals surface area contributed by atoms with Gasteiger partial charge < -0.3 is 5.11 Å². The summed E-state index contributed by atoms with van der Waals surface area (Å²) < 4.78 is 24.8. The fourth-order valence-corrected chi connectivity index (χ4v) is 2.52. The molecule has 104 valence electrons. The molecule has 0 aliphatic heterocycles. The maximum absolute atomic E-state index is 11.2. The predicted molar refractivity (Wildman–Crippen MR) is 71.5 cm³/mol. The highest BCUT2D eigenvalue weighted by molar-refractivity contribution is 7.89. The Labute approximate surface area is 106 Å². The fraction of sp³-hybridized carbons (Fsp3) is 1.00. The van der Waals surface area contributed by atoms with E-state index in [1.165, 1.54) is 38.5 Å². The molecule has 5 heteroatoms. The second-order valence-corrected chi connectivity index (χ2v) is 6.34. The standard InChI is InChI=1S/C12H27NO3S/c1-2-3-4-5-6-7-8-9-10-13-17(15,16)12-11-14/h13-14H,2-12H2,1H3. The second-order valence-electron chi connectivity index (χ2n) is 4.41. The maximum atomic E-state index is 11.2. The Balaban J connectivity index is 3.24. The van der Waals surface area contributed by atoms with Gasteiger partial charge >= 0.3 is 0 Å². The van der Waals surface area contributed by atoms with Crippen LogP contribution in [0.5, 0.6) is 0 Å². The van der Waals surface area contributed by atoms with Gasteiger partial charge in [0.25, 0.3) is 0 Å². The van der Waals surface area contributed by atoms with E-state index in [4.69, 9.17) is 5.11 Å². The smallest absolute Gasteiger partial charge is 0.213 e. The van der Waals surface area contributed by atoms with E-state index in [9.17, 15) is 8.42 Å². The molecule has 0 aliphatic carbocycles. The molecular formula is C12H27NO3S. The van der Waals surface area contributed by atoms with Gasteiger partial charge in [0, 0.05) is 6.54 Å². The third kappa shape index (κ3) is 12.1. The molecule has 0 rings (SSSR count). The van der Waals surface area contributed by atoms with Crippen molar-refractivity contribution >= 4 is 10.0 Å². The summed E-state index contributed by atoms with van der Waals surface area (Å²) in [5.74, 6) is -0.190. The summed E-state index contributed by atoms with van der Waals surface area (Å²) >= 11 is 0. The number of aliphatic hydroxyl groups excluding tert-OH is 1. The molecule has 2 N–H and O–H groups in total. The fourth-order valence-electron chi connectivity index (χ4n) is 1.68. The normalized spacial score (nSPS) is 11.9. The summed E-state index contributed by atoms with van der Waals surface area (Å²) in [7, 11) is -3.24. The van der Waals surface area contributed by atoms with Gasteiger partial charge in [-0.05, 0) is 6.42 Å². The predicted octanol–water partition coefficient (Wildman–Crippen LogP) is 2.04. The highest BCUT2D eigenvalue weighted by Gasteiger charge is 2.06. The van der Waals surface area contributed by atoms with E-state index in [1.807, 2.05) is 0 Å². The molecule has 0 spiro atoms. The molecule has 0 saturated carbocycles. The number of rotatable bonds is 12. The van der Waals surface area contributed by atoms with Gasteiger partial charge in [0.05, 0.1) is 12.4 Å². The lowest BCUT2D eigenvalue weighted by atomic mass is 10.1. The zero-order chi connectivity index (χ0) is 13.0. The van der Waals surface area contributed by atoms with Crippen molar-refractivity contribution in [3.05, 3.63) is 0 Å². The quantitative estimate of drug-likeness (QED) is 0.531. The third-order valence-corrected chi connectivity index (χ3v) is 4.08. The van der Waals surface area contributed by atoms with Crippen molar-refractivity contribution in [2.45, 2.75) is 58.3 Å². The molecule has 0 aliphatic rings. The molecule has 17 heavy (non-hydrogen) atoms. The van der Waals surface area contributed by atoms with Crippen molar-refractivity contribution in [3.8, 4) is 0 Å². The Morgan fingerprint density at radius 2 is 1.47 bits per heavy atom. The number of aliphatic hydroxyl groups is 1. The number of nitrogens with one attached hydrogen (secondary N) is 1. The molecular weight excluding hydrogens is 238 g/mol. The molecule has 0 radical (unpaired) electrons. The zero-order valence-corrected chi connectivity index (χ0v) is 11.8. The van der Waals surface area contributed by atoms with Crippen LogP contribution < -0.4 is 4.72 Å². The molecule has 0 saturated heterocycles. The van der Waals surface area contributed by atoms with Gasteiger partial charge in [-0.15, -0.1) is 0 Å². The maximum Gasteiger partial charge on any atom is 0.213 e. The molecule has 0 unspecified atom stereocenters. The summed E-state index contributed by atoms with van der Waals surface area (Å²) in [6.45, 7) is 2.39. The topological polar surface area (TPSA) is 66.4 Å². The van der Waals surface area contributed by atoms with Crippen molar-refractivity contribution in [1.29, 1.82) is 0 Å². The first-order chi connectivity index (χ1) is 8.12. The zero-order valence-electron chi connectivity index (χ0n) is 11.0. The van der Waals surface area contributed by atoms with E-state index in [2.05, 4.69) is 11.6 Å². The van der Waals surface area contributed by atoms with E-state index < -0.39 is 10.0 Å². The minimum absolute atomic E-state index is 0.190. The van der Waals surface area contributed by atoms with Gasteiger partial charge in [0.15, 0.2) is 0 Å². The average molecular weight is 265 g/mol. The number of hydrogen-bond acceptors (Lipinski definition) is 3. The van der Waals surface area contributed by atoms with Gasteiger partial charge in [0.2, 0.25) is 10.0 Å². The molecule has 0 bridgehead atoms. The van der Waals surface area contributed by atoms with Crippen LogP contribution in [-0.2, 0) is 10.0 Å². The van der Waals surface area contributed by atoms with Gasteiger partial charge in [-0.3, -0.25) is 0 Å². The van der Waals surface area contributed by atoms with Crippen molar-refractivity contribution < 1.29 is 13.5 Å². The third-order valence-electron chi connectivity index (χ3n) is 2.71. The Hall–Kier alpha value is -0.130. The summed E-state index contributed by atoms with van der Waals surface area (Å²) in [5.41, 5.74) is 0. The number of hydrogen-bond donors (Lipinski definition) is 2. The van der Waals surface area contributed by atoms with Crippen LogP contribution in [-0.4, -0.2) is 32.4 Å². The second kappa shape index (κ2) is 11.0. The van der Waals surface area contributed by atoms with E-state index in [0.29, 0.717) is 6.54 Å². The molecule has 4 nitrogen and oxygen atoms in total.